The van der Waals surface area contributed by atoms with Gasteiger partial charge in [0.25, 0.3) is 0 Å². The number of nitrogens with zero attached hydrogens (tertiary/aromatic N) is 3. The number of halogens is 1. The molecular formula is C24H22FN3O3. The first-order valence-corrected chi connectivity index (χ1v) is 9.82. The molecule has 31 heavy (non-hydrogen) atoms. The van der Waals surface area contributed by atoms with E-state index < -0.39 is 12.6 Å². The van der Waals surface area contributed by atoms with Crippen molar-refractivity contribution in [3.05, 3.63) is 89.9 Å². The quantitative estimate of drug-likeness (QED) is 0.461. The van der Waals surface area contributed by atoms with Gasteiger partial charge < -0.3 is 9.64 Å². The molecule has 0 N–H and O–H groups in total. The van der Waals surface area contributed by atoms with Gasteiger partial charge in [-0.2, -0.15) is 0 Å². The second kappa shape index (κ2) is 7.83. The number of rotatable bonds is 5. The topological polar surface area (TPSA) is 64.4 Å². The summed E-state index contributed by atoms with van der Waals surface area (Å²) in [4.78, 5) is 31.1. The van der Waals surface area contributed by atoms with E-state index in [1.165, 1.54) is 47.4 Å². The lowest BCUT2D eigenvalue weighted by atomic mass is 9.83. The SMILES string of the molecule is CN1/C(=C\C(=O)COC(=O)c2cncn2-c2ccc(F)cc2)C(C)(C)c2ccccc21. The van der Waals surface area contributed by atoms with Crippen LogP contribution < -0.4 is 4.90 Å². The second-order valence-electron chi connectivity index (χ2n) is 7.90. The maximum absolute atomic E-state index is 13.2. The molecule has 2 heterocycles. The Labute approximate surface area is 179 Å². The molecule has 0 atom stereocenters. The Morgan fingerprint density at radius 1 is 1.13 bits per heavy atom. The molecule has 4 rings (SSSR count). The highest BCUT2D eigenvalue weighted by Gasteiger charge is 2.38. The van der Waals surface area contributed by atoms with Gasteiger partial charge in [-0.3, -0.25) is 9.36 Å². The van der Waals surface area contributed by atoms with Crippen molar-refractivity contribution in [2.75, 3.05) is 18.6 Å². The van der Waals surface area contributed by atoms with Crippen LogP contribution in [-0.2, 0) is 14.9 Å². The third-order valence-electron chi connectivity index (χ3n) is 5.54. The predicted octanol–water partition coefficient (Wildman–Crippen LogP) is 4.05. The zero-order valence-corrected chi connectivity index (χ0v) is 17.5. The monoisotopic (exact) mass is 419 g/mol. The minimum Gasteiger partial charge on any atom is -0.453 e. The van der Waals surface area contributed by atoms with E-state index in [0.29, 0.717) is 5.69 Å². The van der Waals surface area contributed by atoms with Crippen LogP contribution in [0.15, 0.2) is 72.8 Å². The molecule has 0 saturated heterocycles. The van der Waals surface area contributed by atoms with Crippen molar-refractivity contribution in [2.45, 2.75) is 19.3 Å². The standard InChI is InChI=1S/C24H22FN3O3/c1-24(2)19-6-4-5-7-20(19)27(3)22(24)12-18(29)14-31-23(30)21-13-26-15-28(21)17-10-8-16(25)9-11-17/h4-13,15H,14H2,1-3H3/b22-12-. The van der Waals surface area contributed by atoms with Gasteiger partial charge in [-0.15, -0.1) is 0 Å². The molecule has 0 fully saturated rings. The Bertz CT molecular complexity index is 1180. The normalized spacial score (nSPS) is 15.7. The van der Waals surface area contributed by atoms with Crippen molar-refractivity contribution in [3.8, 4) is 5.69 Å². The molecule has 1 aromatic heterocycles. The average Bonchev–Trinajstić information content (AvgIpc) is 3.31. The van der Waals surface area contributed by atoms with E-state index >= 15 is 0 Å². The van der Waals surface area contributed by atoms with Crippen LogP contribution in [0.5, 0.6) is 0 Å². The molecule has 0 radical (unpaired) electrons. The largest absolute Gasteiger partial charge is 0.453 e. The maximum atomic E-state index is 13.2. The van der Waals surface area contributed by atoms with Gasteiger partial charge in [0.2, 0.25) is 0 Å². The number of fused-ring (bicyclic) bond motifs is 1. The van der Waals surface area contributed by atoms with Crippen LogP contribution in [0.1, 0.15) is 29.9 Å². The molecule has 158 valence electrons. The first-order valence-electron chi connectivity index (χ1n) is 9.82. The number of ketones is 1. The number of likely N-dealkylation sites (N-methyl/N-ethyl adjacent to an activating group) is 1. The zero-order valence-electron chi connectivity index (χ0n) is 17.5. The third-order valence-corrected chi connectivity index (χ3v) is 5.54. The third kappa shape index (κ3) is 3.74. The molecule has 0 amide bonds. The summed E-state index contributed by atoms with van der Waals surface area (Å²) in [6.07, 6.45) is 4.31. The van der Waals surface area contributed by atoms with Gasteiger partial charge in [-0.05, 0) is 35.9 Å². The average molecular weight is 419 g/mol. The Hall–Kier alpha value is -3.74. The Kier molecular flexibility index (Phi) is 5.19. The molecule has 3 aromatic rings. The molecule has 6 nitrogen and oxygen atoms in total. The van der Waals surface area contributed by atoms with Crippen LogP contribution >= 0.6 is 0 Å². The summed E-state index contributed by atoms with van der Waals surface area (Å²) in [5, 5.41) is 0. The molecule has 0 saturated carbocycles. The van der Waals surface area contributed by atoms with Crippen molar-refractivity contribution in [1.29, 1.82) is 0 Å². The van der Waals surface area contributed by atoms with E-state index in [-0.39, 0.29) is 22.7 Å². The fraction of sp³-hybridized carbons (Fsp3) is 0.208. The number of hydrogen-bond acceptors (Lipinski definition) is 5. The summed E-state index contributed by atoms with van der Waals surface area (Å²) in [6.45, 7) is 3.72. The molecule has 1 aliphatic heterocycles. The fourth-order valence-corrected chi connectivity index (χ4v) is 3.92. The highest BCUT2D eigenvalue weighted by molar-refractivity contribution is 5.96. The molecule has 2 aromatic carbocycles. The Morgan fingerprint density at radius 3 is 2.55 bits per heavy atom. The van der Waals surface area contributed by atoms with Crippen LogP contribution in [-0.4, -0.2) is 35.0 Å². The van der Waals surface area contributed by atoms with E-state index in [2.05, 4.69) is 18.8 Å². The van der Waals surface area contributed by atoms with Crippen molar-refractivity contribution in [1.82, 2.24) is 9.55 Å². The predicted molar refractivity (Wildman–Crippen MR) is 115 cm³/mol. The Balaban J connectivity index is 1.47. The molecular weight excluding hydrogens is 397 g/mol. The van der Waals surface area contributed by atoms with Crippen molar-refractivity contribution < 1.29 is 18.7 Å². The van der Waals surface area contributed by atoms with Crippen LogP contribution in [0.3, 0.4) is 0 Å². The molecule has 1 aliphatic rings. The van der Waals surface area contributed by atoms with Gasteiger partial charge >= 0.3 is 5.97 Å². The highest BCUT2D eigenvalue weighted by Crippen LogP contribution is 2.46. The van der Waals surface area contributed by atoms with E-state index in [1.807, 2.05) is 36.2 Å². The lowest BCUT2D eigenvalue weighted by Gasteiger charge is -2.23. The molecule has 0 aliphatic carbocycles. The van der Waals surface area contributed by atoms with E-state index in [1.54, 1.807) is 0 Å². The molecule has 0 unspecified atom stereocenters. The van der Waals surface area contributed by atoms with E-state index in [9.17, 15) is 14.0 Å². The number of allylic oxidation sites excluding steroid dienone is 1. The number of esters is 1. The highest BCUT2D eigenvalue weighted by atomic mass is 19.1. The van der Waals surface area contributed by atoms with Crippen LogP contribution in [0.4, 0.5) is 10.1 Å². The van der Waals surface area contributed by atoms with Crippen LogP contribution in [0.2, 0.25) is 0 Å². The number of hydrogen-bond donors (Lipinski definition) is 0. The van der Waals surface area contributed by atoms with Gasteiger partial charge in [0.05, 0.1) is 12.5 Å². The van der Waals surface area contributed by atoms with Gasteiger partial charge in [0.15, 0.2) is 18.1 Å². The van der Waals surface area contributed by atoms with Crippen molar-refractivity contribution >= 4 is 17.4 Å². The summed E-state index contributed by atoms with van der Waals surface area (Å²) >= 11 is 0. The van der Waals surface area contributed by atoms with E-state index in [4.69, 9.17) is 4.74 Å². The fourth-order valence-electron chi connectivity index (χ4n) is 3.92. The lowest BCUT2D eigenvalue weighted by molar-refractivity contribution is -0.117. The van der Waals surface area contributed by atoms with Gasteiger partial charge in [-0.1, -0.05) is 32.0 Å². The summed E-state index contributed by atoms with van der Waals surface area (Å²) in [5.74, 6) is -1.38. The number of para-hydroxylation sites is 1. The summed E-state index contributed by atoms with van der Waals surface area (Å²) < 4.78 is 19.9. The first-order chi connectivity index (χ1) is 14.8. The number of imidazole rings is 1. The molecule has 0 spiro atoms. The van der Waals surface area contributed by atoms with Crippen molar-refractivity contribution in [2.24, 2.45) is 0 Å². The maximum Gasteiger partial charge on any atom is 0.357 e. The number of benzene rings is 2. The number of ether oxygens (including phenoxy) is 1. The summed E-state index contributed by atoms with van der Waals surface area (Å²) in [6, 6.07) is 13.6. The van der Waals surface area contributed by atoms with Crippen molar-refractivity contribution in [3.63, 3.8) is 0 Å². The van der Waals surface area contributed by atoms with Gasteiger partial charge in [0, 0.05) is 35.6 Å². The second-order valence-corrected chi connectivity index (χ2v) is 7.90. The Morgan fingerprint density at radius 2 is 1.84 bits per heavy atom. The van der Waals surface area contributed by atoms with Gasteiger partial charge in [-0.25, -0.2) is 14.2 Å². The summed E-state index contributed by atoms with van der Waals surface area (Å²) in [7, 11) is 1.92. The van der Waals surface area contributed by atoms with Gasteiger partial charge in [0.1, 0.15) is 5.82 Å². The number of carbonyl (C=O) groups is 2. The van der Waals surface area contributed by atoms with Crippen LogP contribution in [0, 0.1) is 5.82 Å². The lowest BCUT2D eigenvalue weighted by Crippen LogP contribution is -2.25. The molecule has 0 bridgehead atoms. The number of carbonyl (C=O) groups excluding carboxylic acids is 2. The number of anilines is 1. The minimum absolute atomic E-state index is 0.151. The van der Waals surface area contributed by atoms with E-state index in [0.717, 1.165) is 16.9 Å². The minimum atomic E-state index is -0.684. The first kappa shape index (κ1) is 20.5. The molecule has 7 heteroatoms. The zero-order chi connectivity index (χ0) is 22.2. The smallest absolute Gasteiger partial charge is 0.357 e. The van der Waals surface area contributed by atoms with Crippen LogP contribution in [0.25, 0.3) is 5.69 Å². The number of aromatic nitrogens is 2. The summed E-state index contributed by atoms with van der Waals surface area (Å²) in [5.41, 5.74) is 3.39.